The van der Waals surface area contributed by atoms with E-state index in [0.717, 1.165) is 6.07 Å². The number of carbonyl (C=O) groups is 2. The SMILES string of the molecule is COC(=O)[C@H]1CC[C@H](N(C)S(=O)(=O)c2cccc(C(=O)O)c2)CC1. The van der Waals surface area contributed by atoms with Gasteiger partial charge in [0.25, 0.3) is 0 Å². The summed E-state index contributed by atoms with van der Waals surface area (Å²) >= 11 is 0. The van der Waals surface area contributed by atoms with Crippen molar-refractivity contribution in [3.05, 3.63) is 29.8 Å². The summed E-state index contributed by atoms with van der Waals surface area (Å²) in [6.45, 7) is 0. The number of hydrogen-bond donors (Lipinski definition) is 1. The second-order valence-corrected chi connectivity index (χ2v) is 7.88. The summed E-state index contributed by atoms with van der Waals surface area (Å²) in [5.41, 5.74) is -0.0705. The predicted molar refractivity (Wildman–Crippen MR) is 86.1 cm³/mol. The molecule has 0 atom stereocenters. The first-order chi connectivity index (χ1) is 11.3. The van der Waals surface area contributed by atoms with Crippen molar-refractivity contribution in [3.8, 4) is 0 Å². The van der Waals surface area contributed by atoms with E-state index < -0.39 is 16.0 Å². The molecule has 7 nitrogen and oxygen atoms in total. The van der Waals surface area contributed by atoms with Crippen molar-refractivity contribution in [2.45, 2.75) is 36.6 Å². The molecular formula is C16H21NO6S. The molecule has 24 heavy (non-hydrogen) atoms. The Labute approximate surface area is 141 Å². The Bertz CT molecular complexity index is 722. The minimum Gasteiger partial charge on any atom is -0.478 e. The van der Waals surface area contributed by atoms with Crippen LogP contribution < -0.4 is 0 Å². The number of benzene rings is 1. The lowest BCUT2D eigenvalue weighted by molar-refractivity contribution is -0.146. The van der Waals surface area contributed by atoms with Crippen LogP contribution >= 0.6 is 0 Å². The Kier molecular flexibility index (Phi) is 5.61. The molecule has 8 heteroatoms. The van der Waals surface area contributed by atoms with Gasteiger partial charge in [0.2, 0.25) is 10.0 Å². The number of esters is 1. The third kappa shape index (κ3) is 3.76. The molecule has 1 aromatic carbocycles. The molecule has 0 spiro atoms. The molecule has 1 aliphatic rings. The number of nitrogens with zero attached hydrogens (tertiary/aromatic N) is 1. The normalized spacial score (nSPS) is 21.5. The van der Waals surface area contributed by atoms with E-state index in [4.69, 9.17) is 9.84 Å². The minimum absolute atomic E-state index is 0.0417. The van der Waals surface area contributed by atoms with Crippen LogP contribution in [-0.2, 0) is 19.6 Å². The molecular weight excluding hydrogens is 334 g/mol. The topological polar surface area (TPSA) is 101 Å². The van der Waals surface area contributed by atoms with Gasteiger partial charge < -0.3 is 9.84 Å². The maximum atomic E-state index is 12.7. The van der Waals surface area contributed by atoms with Crippen LogP contribution in [0.3, 0.4) is 0 Å². The smallest absolute Gasteiger partial charge is 0.335 e. The summed E-state index contributed by atoms with van der Waals surface area (Å²) in [5, 5.41) is 9.01. The molecule has 0 bridgehead atoms. The van der Waals surface area contributed by atoms with Crippen LogP contribution in [-0.4, -0.2) is 50.0 Å². The molecule has 2 rings (SSSR count). The summed E-state index contributed by atoms with van der Waals surface area (Å²) in [5.74, 6) is -1.61. The van der Waals surface area contributed by atoms with Gasteiger partial charge in [-0.15, -0.1) is 0 Å². The summed E-state index contributed by atoms with van der Waals surface area (Å²) in [7, 11) is -0.944. The van der Waals surface area contributed by atoms with Gasteiger partial charge in [-0.1, -0.05) is 6.07 Å². The Hall–Kier alpha value is -1.93. The Balaban J connectivity index is 2.14. The fraction of sp³-hybridized carbons (Fsp3) is 0.500. The molecule has 0 aliphatic heterocycles. The molecule has 0 unspecified atom stereocenters. The third-order valence-corrected chi connectivity index (χ3v) is 6.41. The lowest BCUT2D eigenvalue weighted by Gasteiger charge is -2.33. The predicted octanol–water partition coefficient (Wildman–Crippen LogP) is 1.74. The average Bonchev–Trinajstić information content (AvgIpc) is 2.60. The van der Waals surface area contributed by atoms with Crippen molar-refractivity contribution in [2.75, 3.05) is 14.2 Å². The molecule has 1 aliphatic carbocycles. The van der Waals surface area contributed by atoms with Crippen LogP contribution in [0.4, 0.5) is 0 Å². The van der Waals surface area contributed by atoms with E-state index >= 15 is 0 Å². The Morgan fingerprint density at radius 3 is 2.38 bits per heavy atom. The molecule has 1 fully saturated rings. The van der Waals surface area contributed by atoms with Crippen molar-refractivity contribution < 1.29 is 27.9 Å². The standard InChI is InChI=1S/C16H21NO6S/c1-17(13-8-6-11(7-9-13)16(20)23-2)24(21,22)14-5-3-4-12(10-14)15(18)19/h3-5,10-11,13H,6-9H2,1-2H3,(H,18,19)/t11-,13-. The number of carbonyl (C=O) groups excluding carboxylic acids is 1. The highest BCUT2D eigenvalue weighted by Crippen LogP contribution is 2.30. The third-order valence-electron chi connectivity index (χ3n) is 4.50. The quantitative estimate of drug-likeness (QED) is 0.807. The zero-order valence-corrected chi connectivity index (χ0v) is 14.5. The van der Waals surface area contributed by atoms with E-state index in [2.05, 4.69) is 0 Å². The number of sulfonamides is 1. The molecule has 0 heterocycles. The number of methoxy groups -OCH3 is 1. The average molecular weight is 355 g/mol. The maximum absolute atomic E-state index is 12.7. The van der Waals surface area contributed by atoms with Crippen LogP contribution in [0.25, 0.3) is 0 Å². The second kappa shape index (κ2) is 7.31. The highest BCUT2D eigenvalue weighted by atomic mass is 32.2. The molecule has 132 valence electrons. The summed E-state index contributed by atoms with van der Waals surface area (Å²) < 4.78 is 31.4. The van der Waals surface area contributed by atoms with Gasteiger partial charge >= 0.3 is 11.9 Å². The molecule has 1 aromatic rings. The van der Waals surface area contributed by atoms with Gasteiger partial charge in [-0.3, -0.25) is 4.79 Å². The van der Waals surface area contributed by atoms with Crippen molar-refractivity contribution in [1.29, 1.82) is 0 Å². The fourth-order valence-corrected chi connectivity index (χ4v) is 4.46. The van der Waals surface area contributed by atoms with Gasteiger partial charge in [0.05, 0.1) is 23.5 Å². The van der Waals surface area contributed by atoms with E-state index in [1.807, 2.05) is 0 Å². The highest BCUT2D eigenvalue weighted by molar-refractivity contribution is 7.89. The van der Waals surface area contributed by atoms with Crippen molar-refractivity contribution in [3.63, 3.8) is 0 Å². The second-order valence-electron chi connectivity index (χ2n) is 5.88. The van der Waals surface area contributed by atoms with E-state index in [-0.39, 0.29) is 28.4 Å². The monoisotopic (exact) mass is 355 g/mol. The van der Waals surface area contributed by atoms with Gasteiger partial charge in [0.1, 0.15) is 0 Å². The number of hydrogen-bond acceptors (Lipinski definition) is 5. The number of aromatic carboxylic acids is 1. The van der Waals surface area contributed by atoms with Crippen molar-refractivity contribution in [1.82, 2.24) is 4.31 Å². The zero-order valence-electron chi connectivity index (χ0n) is 13.6. The van der Waals surface area contributed by atoms with Gasteiger partial charge in [-0.25, -0.2) is 13.2 Å². The minimum atomic E-state index is -3.78. The summed E-state index contributed by atoms with van der Waals surface area (Å²) in [6.07, 6.45) is 2.28. The van der Waals surface area contributed by atoms with E-state index in [9.17, 15) is 18.0 Å². The summed E-state index contributed by atoms with van der Waals surface area (Å²) in [6, 6.07) is 5.10. The van der Waals surface area contributed by atoms with Crippen LogP contribution in [0.5, 0.6) is 0 Å². The number of carboxylic acid groups (broad SMARTS) is 1. The zero-order chi connectivity index (χ0) is 17.9. The van der Waals surface area contributed by atoms with Crippen LogP contribution in [0, 0.1) is 5.92 Å². The van der Waals surface area contributed by atoms with Crippen LogP contribution in [0.2, 0.25) is 0 Å². The molecule has 1 N–H and O–H groups in total. The van der Waals surface area contributed by atoms with E-state index in [0.29, 0.717) is 25.7 Å². The number of ether oxygens (including phenoxy) is 1. The van der Waals surface area contributed by atoms with Crippen LogP contribution in [0.1, 0.15) is 36.0 Å². The molecule has 0 amide bonds. The first-order valence-electron chi connectivity index (χ1n) is 7.66. The lowest BCUT2D eigenvalue weighted by Crippen LogP contribution is -2.40. The van der Waals surface area contributed by atoms with Crippen molar-refractivity contribution in [2.24, 2.45) is 5.92 Å². The lowest BCUT2D eigenvalue weighted by atomic mass is 9.86. The maximum Gasteiger partial charge on any atom is 0.335 e. The molecule has 0 radical (unpaired) electrons. The first-order valence-corrected chi connectivity index (χ1v) is 9.10. The van der Waals surface area contributed by atoms with Gasteiger partial charge in [-0.2, -0.15) is 4.31 Å². The molecule has 0 saturated heterocycles. The largest absolute Gasteiger partial charge is 0.478 e. The first kappa shape index (κ1) is 18.4. The van der Waals surface area contributed by atoms with E-state index in [1.54, 1.807) is 0 Å². The van der Waals surface area contributed by atoms with E-state index in [1.165, 1.54) is 36.7 Å². The highest BCUT2D eigenvalue weighted by Gasteiger charge is 2.34. The van der Waals surface area contributed by atoms with Gasteiger partial charge in [-0.05, 0) is 43.9 Å². The fourth-order valence-electron chi connectivity index (χ4n) is 2.99. The van der Waals surface area contributed by atoms with Gasteiger partial charge in [0.15, 0.2) is 0 Å². The number of rotatable bonds is 5. The Morgan fingerprint density at radius 2 is 1.83 bits per heavy atom. The van der Waals surface area contributed by atoms with Crippen LogP contribution in [0.15, 0.2) is 29.2 Å². The molecule has 0 aromatic heterocycles. The molecule has 1 saturated carbocycles. The van der Waals surface area contributed by atoms with Gasteiger partial charge in [0, 0.05) is 13.1 Å². The van der Waals surface area contributed by atoms with Crippen molar-refractivity contribution >= 4 is 22.0 Å². The number of carboxylic acids is 1. The Morgan fingerprint density at radius 1 is 1.21 bits per heavy atom. The summed E-state index contributed by atoms with van der Waals surface area (Å²) in [4.78, 5) is 22.5.